The van der Waals surface area contributed by atoms with E-state index in [2.05, 4.69) is 4.98 Å². The van der Waals surface area contributed by atoms with Gasteiger partial charge in [0, 0.05) is 25.1 Å². The van der Waals surface area contributed by atoms with E-state index < -0.39 is 21.8 Å². The van der Waals surface area contributed by atoms with E-state index in [4.69, 9.17) is 23.2 Å². The van der Waals surface area contributed by atoms with Gasteiger partial charge in [-0.05, 0) is 31.2 Å². The van der Waals surface area contributed by atoms with E-state index in [0.29, 0.717) is 5.52 Å². The molecule has 0 unspecified atom stereocenters. The minimum absolute atomic E-state index is 0.0150. The zero-order chi connectivity index (χ0) is 21.6. The average Bonchev–Trinajstić information content (AvgIpc) is 3.20. The Bertz CT molecular complexity index is 1310. The van der Waals surface area contributed by atoms with Crippen molar-refractivity contribution in [3.05, 3.63) is 70.0 Å². The van der Waals surface area contributed by atoms with Crippen LogP contribution in [-0.4, -0.2) is 40.6 Å². The molecular weight excluding hydrogens is 449 g/mol. The van der Waals surface area contributed by atoms with Crippen LogP contribution in [0.5, 0.6) is 0 Å². The van der Waals surface area contributed by atoms with Crippen molar-refractivity contribution in [1.29, 1.82) is 0 Å². The first-order valence-electron chi connectivity index (χ1n) is 8.90. The molecule has 1 aliphatic rings. The van der Waals surface area contributed by atoms with Crippen molar-refractivity contribution in [2.45, 2.75) is 18.2 Å². The number of carbonyl (C=O) groups is 2. The van der Waals surface area contributed by atoms with E-state index in [9.17, 15) is 18.0 Å². The van der Waals surface area contributed by atoms with Crippen molar-refractivity contribution in [3.8, 4) is 0 Å². The molecule has 0 aliphatic carbocycles. The lowest BCUT2D eigenvalue weighted by Crippen LogP contribution is -2.32. The first-order valence-corrected chi connectivity index (χ1v) is 11.1. The normalized spacial score (nSPS) is 14.3. The Labute approximate surface area is 182 Å². The Morgan fingerprint density at radius 3 is 2.20 bits per heavy atom. The summed E-state index contributed by atoms with van der Waals surface area (Å²) >= 11 is 12.2. The maximum Gasteiger partial charge on any atom is 0.269 e. The van der Waals surface area contributed by atoms with Crippen molar-refractivity contribution >= 4 is 56.1 Å². The fraction of sp³-hybridized carbons (Fsp3) is 0.150. The van der Waals surface area contributed by atoms with Crippen molar-refractivity contribution in [2.24, 2.45) is 0 Å². The zero-order valence-electron chi connectivity index (χ0n) is 15.7. The summed E-state index contributed by atoms with van der Waals surface area (Å²) in [7, 11) is -4.02. The molecule has 0 saturated heterocycles. The number of imidazole rings is 1. The van der Waals surface area contributed by atoms with Crippen LogP contribution in [0.2, 0.25) is 10.0 Å². The van der Waals surface area contributed by atoms with Crippen molar-refractivity contribution in [2.75, 3.05) is 6.54 Å². The molecule has 2 heterocycles. The van der Waals surface area contributed by atoms with Gasteiger partial charge in [0.25, 0.3) is 21.8 Å². The summed E-state index contributed by atoms with van der Waals surface area (Å²) in [6.07, 6.45) is 2.38. The number of rotatable bonds is 5. The molecule has 30 heavy (non-hydrogen) atoms. The molecular formula is C20H15Cl2N3O4S. The van der Waals surface area contributed by atoms with Gasteiger partial charge in [0.05, 0.1) is 26.0 Å². The van der Waals surface area contributed by atoms with Crippen LogP contribution >= 0.6 is 23.2 Å². The highest BCUT2D eigenvalue weighted by Crippen LogP contribution is 2.31. The number of benzene rings is 2. The van der Waals surface area contributed by atoms with Gasteiger partial charge in [-0.25, -0.2) is 17.4 Å². The third-order valence-electron chi connectivity index (χ3n) is 4.74. The number of hydrogen-bond donors (Lipinski definition) is 0. The van der Waals surface area contributed by atoms with E-state index in [1.807, 2.05) is 6.92 Å². The predicted octanol–water partition coefficient (Wildman–Crippen LogP) is 3.36. The molecule has 2 amide bonds. The van der Waals surface area contributed by atoms with Crippen LogP contribution in [0.15, 0.2) is 53.4 Å². The fourth-order valence-corrected chi connectivity index (χ4v) is 5.03. The van der Waals surface area contributed by atoms with Gasteiger partial charge in [0.2, 0.25) is 0 Å². The third-order valence-corrected chi connectivity index (χ3v) is 7.22. The molecule has 0 fully saturated rings. The SMILES string of the molecule is Cc1ccc(S(=O)(=O)n2c(CCN3C(=O)C=CC3=O)nc3cc(Cl)c(Cl)cc32)cc1. The summed E-state index contributed by atoms with van der Waals surface area (Å²) in [4.78, 5) is 29.2. The Balaban J connectivity index is 1.84. The van der Waals surface area contributed by atoms with Gasteiger partial charge in [0.1, 0.15) is 5.82 Å². The Kier molecular flexibility index (Phi) is 5.17. The molecule has 10 heteroatoms. The maximum atomic E-state index is 13.4. The van der Waals surface area contributed by atoms with Crippen molar-refractivity contribution in [1.82, 2.24) is 13.9 Å². The quantitative estimate of drug-likeness (QED) is 0.541. The van der Waals surface area contributed by atoms with Crippen molar-refractivity contribution < 1.29 is 18.0 Å². The van der Waals surface area contributed by atoms with E-state index in [0.717, 1.165) is 14.4 Å². The minimum Gasteiger partial charge on any atom is -0.275 e. The van der Waals surface area contributed by atoms with Gasteiger partial charge in [-0.1, -0.05) is 40.9 Å². The second-order valence-corrected chi connectivity index (χ2v) is 9.38. The number of carbonyl (C=O) groups excluding carboxylic acids is 2. The third kappa shape index (κ3) is 3.51. The average molecular weight is 464 g/mol. The van der Waals surface area contributed by atoms with E-state index >= 15 is 0 Å². The van der Waals surface area contributed by atoms with Gasteiger partial charge in [-0.3, -0.25) is 14.5 Å². The van der Waals surface area contributed by atoms with Crippen LogP contribution in [0.3, 0.4) is 0 Å². The fourth-order valence-electron chi connectivity index (χ4n) is 3.21. The Morgan fingerprint density at radius 2 is 1.57 bits per heavy atom. The van der Waals surface area contributed by atoms with Gasteiger partial charge in [-0.2, -0.15) is 0 Å². The summed E-state index contributed by atoms with van der Waals surface area (Å²) in [5.74, 6) is -0.735. The smallest absolute Gasteiger partial charge is 0.269 e. The largest absolute Gasteiger partial charge is 0.275 e. The topological polar surface area (TPSA) is 89.3 Å². The second kappa shape index (κ2) is 7.54. The maximum absolute atomic E-state index is 13.4. The monoisotopic (exact) mass is 463 g/mol. The molecule has 0 atom stereocenters. The molecule has 4 rings (SSSR count). The second-order valence-electron chi connectivity index (χ2n) is 6.78. The number of amides is 2. The molecule has 1 aromatic heterocycles. The Hall–Kier alpha value is -2.68. The number of aryl methyl sites for hydroxylation is 1. The van der Waals surface area contributed by atoms with Crippen LogP contribution in [-0.2, 0) is 26.0 Å². The summed E-state index contributed by atoms with van der Waals surface area (Å²) in [5, 5.41) is 0.423. The molecule has 154 valence electrons. The van der Waals surface area contributed by atoms with Crippen LogP contribution in [0.25, 0.3) is 11.0 Å². The van der Waals surface area contributed by atoms with Crippen LogP contribution in [0.1, 0.15) is 11.4 Å². The molecule has 0 saturated carbocycles. The number of hydrogen-bond acceptors (Lipinski definition) is 5. The van der Waals surface area contributed by atoms with Crippen LogP contribution < -0.4 is 0 Å². The number of halogens is 2. The summed E-state index contributed by atoms with van der Waals surface area (Å²) < 4.78 is 28.0. The van der Waals surface area contributed by atoms with E-state index in [-0.39, 0.29) is 39.2 Å². The van der Waals surface area contributed by atoms with Crippen molar-refractivity contribution in [3.63, 3.8) is 0 Å². The molecule has 0 bridgehead atoms. The highest BCUT2D eigenvalue weighted by atomic mass is 35.5. The molecule has 0 N–H and O–H groups in total. The number of nitrogens with zero attached hydrogens (tertiary/aromatic N) is 3. The number of aromatic nitrogens is 2. The lowest BCUT2D eigenvalue weighted by molar-refractivity contribution is -0.136. The first kappa shape index (κ1) is 20.6. The molecule has 0 spiro atoms. The van der Waals surface area contributed by atoms with Crippen LogP contribution in [0, 0.1) is 6.92 Å². The minimum atomic E-state index is -4.02. The molecule has 3 aromatic rings. The summed E-state index contributed by atoms with van der Waals surface area (Å²) in [6, 6.07) is 9.34. The molecule has 7 nitrogen and oxygen atoms in total. The first-order chi connectivity index (χ1) is 14.2. The summed E-state index contributed by atoms with van der Waals surface area (Å²) in [6.45, 7) is 1.84. The van der Waals surface area contributed by atoms with E-state index in [1.54, 1.807) is 12.1 Å². The molecule has 0 radical (unpaired) electrons. The van der Waals surface area contributed by atoms with E-state index in [1.165, 1.54) is 36.4 Å². The highest BCUT2D eigenvalue weighted by molar-refractivity contribution is 7.90. The van der Waals surface area contributed by atoms with Gasteiger partial charge >= 0.3 is 0 Å². The van der Waals surface area contributed by atoms with Gasteiger partial charge in [0.15, 0.2) is 0 Å². The van der Waals surface area contributed by atoms with Gasteiger partial charge < -0.3 is 0 Å². The molecule has 1 aliphatic heterocycles. The number of imide groups is 1. The zero-order valence-corrected chi connectivity index (χ0v) is 18.0. The highest BCUT2D eigenvalue weighted by Gasteiger charge is 2.28. The van der Waals surface area contributed by atoms with Gasteiger partial charge in [-0.15, -0.1) is 0 Å². The Morgan fingerprint density at radius 1 is 0.967 bits per heavy atom. The standard InChI is InChI=1S/C20H15Cl2N3O4S/c1-12-2-4-13(5-3-12)30(28,29)25-17-11-15(22)14(21)10-16(17)23-18(25)8-9-24-19(26)6-7-20(24)27/h2-7,10-11H,8-9H2,1H3. The van der Waals surface area contributed by atoms with Crippen LogP contribution in [0.4, 0.5) is 0 Å². The number of fused-ring (bicyclic) bond motifs is 1. The summed E-state index contributed by atoms with van der Waals surface area (Å²) in [5.41, 5.74) is 1.52. The lowest BCUT2D eigenvalue weighted by Gasteiger charge is -2.15. The lowest BCUT2D eigenvalue weighted by atomic mass is 10.2. The predicted molar refractivity (Wildman–Crippen MR) is 113 cm³/mol. The molecule has 2 aromatic carbocycles.